The first-order valence-corrected chi connectivity index (χ1v) is 10.1. The minimum absolute atomic E-state index is 0. The van der Waals surface area contributed by atoms with Gasteiger partial charge in [-0.05, 0) is 62.4 Å². The lowest BCUT2D eigenvalue weighted by atomic mass is 9.94. The van der Waals surface area contributed by atoms with Crippen molar-refractivity contribution in [2.45, 2.75) is 38.1 Å². The predicted molar refractivity (Wildman–Crippen MR) is 119 cm³/mol. The molecule has 1 aliphatic carbocycles. The highest BCUT2D eigenvalue weighted by molar-refractivity contribution is 6.30. The van der Waals surface area contributed by atoms with Gasteiger partial charge in [0.15, 0.2) is 0 Å². The van der Waals surface area contributed by atoms with E-state index in [-0.39, 0.29) is 36.6 Å². The van der Waals surface area contributed by atoms with Gasteiger partial charge >= 0.3 is 0 Å². The van der Waals surface area contributed by atoms with Crippen molar-refractivity contribution >= 4 is 42.3 Å². The molecule has 1 amide bonds. The third-order valence-electron chi connectivity index (χ3n) is 5.72. The van der Waals surface area contributed by atoms with Crippen LogP contribution in [0.25, 0.3) is 0 Å². The normalized spacial score (nSPS) is 22.8. The van der Waals surface area contributed by atoms with Gasteiger partial charge in [-0.3, -0.25) is 9.69 Å². The molecular weight excluding hydrogens is 421 g/mol. The summed E-state index contributed by atoms with van der Waals surface area (Å²) < 4.78 is 5.76. The van der Waals surface area contributed by atoms with Gasteiger partial charge in [0.1, 0.15) is 12.4 Å². The number of nitrogens with one attached hydrogen (secondary N) is 1. The number of ether oxygens (including phenoxy) is 1. The number of nitrogens with zero attached hydrogens (tertiary/aromatic N) is 1. The molecule has 28 heavy (non-hydrogen) atoms. The van der Waals surface area contributed by atoms with E-state index in [1.807, 2.05) is 24.3 Å². The summed E-state index contributed by atoms with van der Waals surface area (Å²) in [7, 11) is 0. The topological polar surface area (TPSA) is 67.6 Å². The summed E-state index contributed by atoms with van der Waals surface area (Å²) in [6.07, 6.45) is 5.24. The maximum absolute atomic E-state index is 12.5. The van der Waals surface area contributed by atoms with Crippen molar-refractivity contribution in [1.29, 1.82) is 0 Å². The molecule has 2 atom stereocenters. The number of nitrogens with two attached hydrogens (primary N) is 1. The molecule has 5 nitrogen and oxygen atoms in total. The van der Waals surface area contributed by atoms with Crippen LogP contribution < -0.4 is 15.8 Å². The van der Waals surface area contributed by atoms with Crippen LogP contribution in [-0.4, -0.2) is 49.6 Å². The van der Waals surface area contributed by atoms with E-state index in [0.29, 0.717) is 25.1 Å². The quantitative estimate of drug-likeness (QED) is 0.664. The van der Waals surface area contributed by atoms with E-state index >= 15 is 0 Å². The largest absolute Gasteiger partial charge is 0.492 e. The maximum atomic E-state index is 12.5. The lowest BCUT2D eigenvalue weighted by Gasteiger charge is -2.33. The fourth-order valence-corrected chi connectivity index (χ4v) is 4.22. The Morgan fingerprint density at radius 1 is 1.14 bits per heavy atom. The fourth-order valence-electron chi connectivity index (χ4n) is 4.10. The third kappa shape index (κ3) is 7.27. The van der Waals surface area contributed by atoms with Gasteiger partial charge in [0.2, 0.25) is 5.91 Å². The van der Waals surface area contributed by atoms with Crippen LogP contribution in [0, 0.1) is 11.8 Å². The zero-order valence-corrected chi connectivity index (χ0v) is 18.5. The Morgan fingerprint density at radius 3 is 2.46 bits per heavy atom. The number of benzene rings is 1. The molecule has 3 N–H and O–H groups in total. The number of hydrogen-bond donors (Lipinski definition) is 2. The molecule has 0 bridgehead atoms. The van der Waals surface area contributed by atoms with Crippen molar-refractivity contribution in [1.82, 2.24) is 10.2 Å². The molecule has 8 heteroatoms. The van der Waals surface area contributed by atoms with E-state index in [1.54, 1.807) is 0 Å². The van der Waals surface area contributed by atoms with Gasteiger partial charge in [0, 0.05) is 36.6 Å². The summed E-state index contributed by atoms with van der Waals surface area (Å²) in [5, 5.41) is 3.99. The lowest BCUT2D eigenvalue weighted by Crippen LogP contribution is -2.47. The van der Waals surface area contributed by atoms with Gasteiger partial charge < -0.3 is 15.8 Å². The monoisotopic (exact) mass is 451 g/mol. The number of halogens is 3. The van der Waals surface area contributed by atoms with E-state index < -0.39 is 0 Å². The van der Waals surface area contributed by atoms with Crippen LogP contribution in [0.2, 0.25) is 5.02 Å². The van der Waals surface area contributed by atoms with Crippen LogP contribution in [0.1, 0.15) is 32.1 Å². The van der Waals surface area contributed by atoms with E-state index in [2.05, 4.69) is 10.2 Å². The predicted octanol–water partition coefficient (Wildman–Crippen LogP) is 3.52. The minimum Gasteiger partial charge on any atom is -0.492 e. The molecule has 1 aromatic rings. The number of rotatable bonds is 7. The molecule has 0 radical (unpaired) electrons. The van der Waals surface area contributed by atoms with E-state index in [9.17, 15) is 4.79 Å². The molecule has 0 aromatic heterocycles. The number of likely N-dealkylation sites (tertiary alicyclic amines) is 1. The average Bonchev–Trinajstić information content (AvgIpc) is 3.14. The average molecular weight is 453 g/mol. The number of hydrogen-bond acceptors (Lipinski definition) is 4. The van der Waals surface area contributed by atoms with Crippen molar-refractivity contribution in [3.8, 4) is 5.75 Å². The van der Waals surface area contributed by atoms with Crippen LogP contribution in [0.15, 0.2) is 24.3 Å². The Morgan fingerprint density at radius 2 is 1.82 bits per heavy atom. The number of amides is 1. The van der Waals surface area contributed by atoms with E-state index in [1.165, 1.54) is 0 Å². The summed E-state index contributed by atoms with van der Waals surface area (Å²) in [4.78, 5) is 14.9. The summed E-state index contributed by atoms with van der Waals surface area (Å²) in [5.41, 5.74) is 5.80. The van der Waals surface area contributed by atoms with Gasteiger partial charge in [0.05, 0.1) is 0 Å². The summed E-state index contributed by atoms with van der Waals surface area (Å²) >= 11 is 5.87. The molecule has 1 aliphatic heterocycles. The second kappa shape index (κ2) is 12.8. The molecule has 1 aromatic carbocycles. The maximum Gasteiger partial charge on any atom is 0.223 e. The van der Waals surface area contributed by atoms with Gasteiger partial charge in [-0.2, -0.15) is 0 Å². The molecular formula is C20H32Cl3N3O2. The molecule has 1 saturated heterocycles. The zero-order valence-electron chi connectivity index (χ0n) is 16.1. The Kier molecular flexibility index (Phi) is 11.5. The summed E-state index contributed by atoms with van der Waals surface area (Å²) in [6, 6.07) is 7.76. The van der Waals surface area contributed by atoms with Crippen molar-refractivity contribution in [3.05, 3.63) is 29.3 Å². The SMILES string of the molecule is Cl.Cl.NC[C@H]1CCC[C@H]1C(=O)NC1CCN(CCOc2ccc(Cl)cc2)CC1. The highest BCUT2D eigenvalue weighted by Crippen LogP contribution is 2.31. The first-order chi connectivity index (χ1) is 12.7. The fraction of sp³-hybridized carbons (Fsp3) is 0.650. The van der Waals surface area contributed by atoms with Crippen LogP contribution in [0.5, 0.6) is 5.75 Å². The zero-order chi connectivity index (χ0) is 18.4. The molecule has 160 valence electrons. The number of piperidine rings is 1. The highest BCUT2D eigenvalue weighted by atomic mass is 35.5. The first-order valence-electron chi connectivity index (χ1n) is 9.77. The van der Waals surface area contributed by atoms with Crippen molar-refractivity contribution in [2.24, 2.45) is 17.6 Å². The highest BCUT2D eigenvalue weighted by Gasteiger charge is 2.33. The van der Waals surface area contributed by atoms with Gasteiger partial charge in [-0.15, -0.1) is 24.8 Å². The van der Waals surface area contributed by atoms with Crippen LogP contribution in [-0.2, 0) is 4.79 Å². The van der Waals surface area contributed by atoms with E-state index in [4.69, 9.17) is 22.1 Å². The molecule has 2 fully saturated rings. The minimum atomic E-state index is 0. The first kappa shape index (κ1) is 25.3. The second-order valence-corrected chi connectivity index (χ2v) is 7.90. The standard InChI is InChI=1S/C20H30ClN3O2.2ClH/c21-16-4-6-18(7-5-16)26-13-12-24-10-8-17(9-11-24)23-20(25)19-3-1-2-15(19)14-22;;/h4-7,15,17,19H,1-3,8-14,22H2,(H,23,25);2*1H/t15-,19-;;/m1../s1. The smallest absolute Gasteiger partial charge is 0.223 e. The Hall–Kier alpha value is -0.720. The van der Waals surface area contributed by atoms with Gasteiger partial charge in [-0.25, -0.2) is 0 Å². The number of carbonyl (C=O) groups is 1. The molecule has 1 heterocycles. The summed E-state index contributed by atoms with van der Waals surface area (Å²) in [6.45, 7) is 4.20. The second-order valence-electron chi connectivity index (χ2n) is 7.46. The molecule has 1 saturated carbocycles. The van der Waals surface area contributed by atoms with Gasteiger partial charge in [0.25, 0.3) is 0 Å². The van der Waals surface area contributed by atoms with Gasteiger partial charge in [-0.1, -0.05) is 18.0 Å². The third-order valence-corrected chi connectivity index (χ3v) is 5.97. The van der Waals surface area contributed by atoms with Crippen LogP contribution in [0.3, 0.4) is 0 Å². The van der Waals surface area contributed by atoms with Crippen molar-refractivity contribution in [2.75, 3.05) is 32.8 Å². The molecule has 0 spiro atoms. The van der Waals surface area contributed by atoms with Crippen molar-refractivity contribution < 1.29 is 9.53 Å². The van der Waals surface area contributed by atoms with Crippen LogP contribution >= 0.6 is 36.4 Å². The Bertz CT molecular complexity index is 581. The molecule has 2 aliphatic rings. The van der Waals surface area contributed by atoms with Crippen molar-refractivity contribution in [3.63, 3.8) is 0 Å². The Balaban J connectivity index is 0.00000196. The van der Waals surface area contributed by atoms with E-state index in [0.717, 1.165) is 62.5 Å². The lowest BCUT2D eigenvalue weighted by molar-refractivity contribution is -0.127. The van der Waals surface area contributed by atoms with Crippen LogP contribution in [0.4, 0.5) is 0 Å². The Labute approximate surface area is 185 Å². The number of carbonyl (C=O) groups excluding carboxylic acids is 1. The molecule has 0 unspecified atom stereocenters. The molecule has 3 rings (SSSR count). The summed E-state index contributed by atoms with van der Waals surface area (Å²) in [5.74, 6) is 1.58.